The summed E-state index contributed by atoms with van der Waals surface area (Å²) in [4.78, 5) is 0. The van der Waals surface area contributed by atoms with Gasteiger partial charge in [-0.2, -0.15) is 0 Å². The van der Waals surface area contributed by atoms with Crippen LogP contribution in [0.15, 0.2) is 54.6 Å². The summed E-state index contributed by atoms with van der Waals surface area (Å²) < 4.78 is 12.0. The molecule has 0 saturated carbocycles. The van der Waals surface area contributed by atoms with Gasteiger partial charge in [-0.1, -0.05) is 82.8 Å². The van der Waals surface area contributed by atoms with Gasteiger partial charge in [0, 0.05) is 0 Å². The number of ether oxygens (including phenoxy) is 2. The molecule has 1 heterocycles. The van der Waals surface area contributed by atoms with E-state index in [-0.39, 0.29) is 26.2 Å². The molecule has 0 fully saturated rings. The second-order valence-electron chi connectivity index (χ2n) is 6.64. The molecule has 1 aliphatic rings. The number of hydrogen-bond acceptors (Lipinski definition) is 2. The Bertz CT molecular complexity index is 1250. The van der Waals surface area contributed by atoms with E-state index in [2.05, 4.69) is 36.4 Å². The number of hydrogen-bond donors (Lipinski definition) is 0. The summed E-state index contributed by atoms with van der Waals surface area (Å²) >= 11 is 24.8. The van der Waals surface area contributed by atoms with Crippen LogP contribution in [0, 0.1) is 0 Å². The third kappa shape index (κ3) is 2.87. The minimum Gasteiger partial charge on any atom is -0.484 e. The molecule has 4 aromatic rings. The standard InChI is InChI=1S/C22H12Cl4O2/c23-17-18(24)20(26)22-21(19(17)25)27-10-16(28-22)14-6-5-13-7-11-3-1-2-4-12(11)8-15(13)9-14/h1-9,16H,10H2. The first-order chi connectivity index (χ1) is 13.5. The first-order valence-corrected chi connectivity index (χ1v) is 10.1. The predicted molar refractivity (Wildman–Crippen MR) is 117 cm³/mol. The van der Waals surface area contributed by atoms with Crippen LogP contribution in [-0.4, -0.2) is 6.61 Å². The highest BCUT2D eigenvalue weighted by Gasteiger charge is 2.30. The summed E-state index contributed by atoms with van der Waals surface area (Å²) in [7, 11) is 0. The fourth-order valence-corrected chi connectivity index (χ4v) is 4.40. The van der Waals surface area contributed by atoms with Crippen molar-refractivity contribution in [2.75, 3.05) is 6.61 Å². The third-order valence-electron chi connectivity index (χ3n) is 4.92. The highest BCUT2D eigenvalue weighted by molar-refractivity contribution is 6.53. The molecule has 28 heavy (non-hydrogen) atoms. The number of fused-ring (bicyclic) bond motifs is 3. The molecular weight excluding hydrogens is 438 g/mol. The van der Waals surface area contributed by atoms with Gasteiger partial charge in [-0.3, -0.25) is 0 Å². The monoisotopic (exact) mass is 448 g/mol. The summed E-state index contributed by atoms with van der Waals surface area (Å²) in [6, 6.07) is 18.9. The van der Waals surface area contributed by atoms with E-state index in [1.807, 2.05) is 18.2 Å². The first-order valence-electron chi connectivity index (χ1n) is 8.61. The summed E-state index contributed by atoms with van der Waals surface area (Å²) in [6.07, 6.45) is -0.339. The molecule has 0 N–H and O–H groups in total. The van der Waals surface area contributed by atoms with Crippen molar-refractivity contribution < 1.29 is 9.47 Å². The van der Waals surface area contributed by atoms with E-state index in [1.165, 1.54) is 10.8 Å². The molecule has 0 aromatic heterocycles. The van der Waals surface area contributed by atoms with Gasteiger partial charge in [0.15, 0.2) is 17.6 Å². The molecule has 4 aromatic carbocycles. The topological polar surface area (TPSA) is 18.5 Å². The van der Waals surface area contributed by atoms with Crippen molar-refractivity contribution >= 4 is 67.9 Å². The van der Waals surface area contributed by atoms with E-state index in [1.54, 1.807) is 0 Å². The van der Waals surface area contributed by atoms with Crippen molar-refractivity contribution in [1.29, 1.82) is 0 Å². The maximum absolute atomic E-state index is 6.32. The zero-order valence-electron chi connectivity index (χ0n) is 14.3. The van der Waals surface area contributed by atoms with E-state index in [0.29, 0.717) is 18.1 Å². The molecule has 1 unspecified atom stereocenters. The lowest BCUT2D eigenvalue weighted by molar-refractivity contribution is 0.0916. The number of benzene rings is 4. The Morgan fingerprint density at radius 3 is 1.96 bits per heavy atom. The second-order valence-corrected chi connectivity index (χ2v) is 8.15. The Morgan fingerprint density at radius 1 is 0.643 bits per heavy atom. The zero-order chi connectivity index (χ0) is 19.4. The van der Waals surface area contributed by atoms with Crippen molar-refractivity contribution in [2.24, 2.45) is 0 Å². The minimum atomic E-state index is -0.339. The molecule has 0 bridgehead atoms. The Balaban J connectivity index is 1.57. The Morgan fingerprint density at radius 2 is 1.25 bits per heavy atom. The Kier molecular flexibility index (Phi) is 4.48. The maximum Gasteiger partial charge on any atom is 0.184 e. The normalized spacial score (nSPS) is 15.9. The quantitative estimate of drug-likeness (QED) is 0.166. The lowest BCUT2D eigenvalue weighted by Gasteiger charge is -2.29. The van der Waals surface area contributed by atoms with Crippen LogP contribution in [0.1, 0.15) is 11.7 Å². The zero-order valence-corrected chi connectivity index (χ0v) is 17.3. The van der Waals surface area contributed by atoms with E-state index >= 15 is 0 Å². The van der Waals surface area contributed by atoms with Gasteiger partial charge in [-0.05, 0) is 45.3 Å². The van der Waals surface area contributed by atoms with Crippen LogP contribution in [0.25, 0.3) is 21.5 Å². The summed E-state index contributed by atoms with van der Waals surface area (Å²) in [5.74, 6) is 0.639. The van der Waals surface area contributed by atoms with Crippen molar-refractivity contribution in [3.8, 4) is 11.5 Å². The molecule has 0 spiro atoms. The average Bonchev–Trinajstić information content (AvgIpc) is 2.74. The first kappa shape index (κ1) is 18.2. The van der Waals surface area contributed by atoms with Crippen molar-refractivity contribution in [2.45, 2.75) is 6.10 Å². The van der Waals surface area contributed by atoms with Gasteiger partial charge in [0.05, 0.1) is 10.0 Å². The lowest BCUT2D eigenvalue weighted by atomic mass is 9.99. The number of halogens is 4. The molecule has 0 amide bonds. The van der Waals surface area contributed by atoms with E-state index in [9.17, 15) is 0 Å². The molecule has 1 aliphatic heterocycles. The lowest BCUT2D eigenvalue weighted by Crippen LogP contribution is -2.22. The summed E-state index contributed by atoms with van der Waals surface area (Å²) in [5, 5.41) is 5.40. The molecule has 140 valence electrons. The summed E-state index contributed by atoms with van der Waals surface area (Å²) in [6.45, 7) is 0.292. The third-order valence-corrected chi connectivity index (χ3v) is 6.69. The van der Waals surface area contributed by atoms with E-state index in [4.69, 9.17) is 55.9 Å². The highest BCUT2D eigenvalue weighted by atomic mass is 35.5. The van der Waals surface area contributed by atoms with Crippen LogP contribution in [0.2, 0.25) is 20.1 Å². The molecular formula is C22H12Cl4O2. The van der Waals surface area contributed by atoms with Crippen molar-refractivity contribution in [1.82, 2.24) is 0 Å². The highest BCUT2D eigenvalue weighted by Crippen LogP contribution is 2.53. The minimum absolute atomic E-state index is 0.154. The summed E-state index contributed by atoms with van der Waals surface area (Å²) in [5.41, 5.74) is 0.978. The average molecular weight is 450 g/mol. The number of rotatable bonds is 1. The fourth-order valence-electron chi connectivity index (χ4n) is 3.48. The molecule has 6 heteroatoms. The van der Waals surface area contributed by atoms with Gasteiger partial charge in [0.1, 0.15) is 16.7 Å². The van der Waals surface area contributed by atoms with Crippen LogP contribution in [-0.2, 0) is 0 Å². The molecule has 1 atom stereocenters. The maximum atomic E-state index is 6.32. The second kappa shape index (κ2) is 6.89. The molecule has 5 rings (SSSR count). The molecule has 0 radical (unpaired) electrons. The van der Waals surface area contributed by atoms with Gasteiger partial charge < -0.3 is 9.47 Å². The molecule has 0 aliphatic carbocycles. The van der Waals surface area contributed by atoms with Crippen molar-refractivity contribution in [3.05, 3.63) is 80.3 Å². The van der Waals surface area contributed by atoms with Gasteiger partial charge in [0.2, 0.25) is 0 Å². The largest absolute Gasteiger partial charge is 0.484 e. The van der Waals surface area contributed by atoms with Gasteiger partial charge in [0.25, 0.3) is 0 Å². The SMILES string of the molecule is Clc1c(Cl)c(Cl)c2c(c1Cl)OCC(c1ccc3cc4ccccc4cc3c1)O2. The van der Waals surface area contributed by atoms with Gasteiger partial charge in [-0.25, -0.2) is 0 Å². The van der Waals surface area contributed by atoms with Crippen LogP contribution in [0.5, 0.6) is 11.5 Å². The van der Waals surface area contributed by atoms with Crippen LogP contribution >= 0.6 is 46.4 Å². The van der Waals surface area contributed by atoms with E-state index in [0.717, 1.165) is 16.3 Å². The van der Waals surface area contributed by atoms with Crippen LogP contribution in [0.4, 0.5) is 0 Å². The van der Waals surface area contributed by atoms with E-state index < -0.39 is 0 Å². The Hall–Kier alpha value is -1.84. The Labute approximate surface area is 181 Å². The molecule has 0 saturated heterocycles. The molecule has 2 nitrogen and oxygen atoms in total. The van der Waals surface area contributed by atoms with Gasteiger partial charge in [-0.15, -0.1) is 0 Å². The van der Waals surface area contributed by atoms with Crippen LogP contribution < -0.4 is 9.47 Å². The van der Waals surface area contributed by atoms with Crippen molar-refractivity contribution in [3.63, 3.8) is 0 Å². The van der Waals surface area contributed by atoms with Crippen LogP contribution in [0.3, 0.4) is 0 Å². The smallest absolute Gasteiger partial charge is 0.184 e. The van der Waals surface area contributed by atoms with Gasteiger partial charge >= 0.3 is 0 Å². The fraction of sp³-hybridized carbons (Fsp3) is 0.0909. The predicted octanol–water partition coefficient (Wildman–Crippen LogP) is 8.12.